The highest BCUT2D eigenvalue weighted by atomic mass is 32.1. The maximum absolute atomic E-state index is 6.38. The van der Waals surface area contributed by atoms with Crippen molar-refractivity contribution in [3.05, 3.63) is 21.9 Å². The van der Waals surface area contributed by atoms with E-state index in [9.17, 15) is 0 Å². The molecular weight excluding hydrogens is 216 g/mol. The van der Waals surface area contributed by atoms with Crippen molar-refractivity contribution in [1.82, 2.24) is 5.32 Å². The molecule has 0 aromatic carbocycles. The monoisotopic (exact) mass is 238 g/mol. The van der Waals surface area contributed by atoms with Crippen LogP contribution >= 0.6 is 11.3 Å². The Balaban J connectivity index is 1.77. The molecule has 16 heavy (non-hydrogen) atoms. The van der Waals surface area contributed by atoms with E-state index in [1.807, 2.05) is 0 Å². The third-order valence-corrected chi connectivity index (χ3v) is 4.51. The van der Waals surface area contributed by atoms with Gasteiger partial charge in [0, 0.05) is 18.6 Å². The highest BCUT2D eigenvalue weighted by Crippen LogP contribution is 2.25. The van der Waals surface area contributed by atoms with E-state index in [2.05, 4.69) is 23.0 Å². The van der Waals surface area contributed by atoms with Crippen molar-refractivity contribution < 1.29 is 0 Å². The molecule has 0 amide bonds. The van der Waals surface area contributed by atoms with E-state index in [1.54, 1.807) is 11.3 Å². The van der Waals surface area contributed by atoms with Crippen LogP contribution in [-0.2, 0) is 6.54 Å². The highest BCUT2D eigenvalue weighted by molar-refractivity contribution is 7.08. The van der Waals surface area contributed by atoms with Crippen molar-refractivity contribution in [3.63, 3.8) is 0 Å². The van der Waals surface area contributed by atoms with Crippen LogP contribution in [0.15, 0.2) is 10.8 Å². The summed E-state index contributed by atoms with van der Waals surface area (Å²) in [5.41, 5.74) is 9.25. The third kappa shape index (κ3) is 3.06. The average Bonchev–Trinajstić information content (AvgIpc) is 2.65. The van der Waals surface area contributed by atoms with E-state index in [1.165, 1.54) is 43.2 Å². The van der Waals surface area contributed by atoms with Gasteiger partial charge in [-0.1, -0.05) is 19.3 Å². The Morgan fingerprint density at radius 1 is 1.31 bits per heavy atom. The Labute approximate surface area is 102 Å². The molecule has 2 rings (SSSR count). The van der Waals surface area contributed by atoms with E-state index < -0.39 is 0 Å². The molecule has 90 valence electrons. The lowest BCUT2D eigenvalue weighted by Crippen LogP contribution is -2.49. The summed E-state index contributed by atoms with van der Waals surface area (Å²) < 4.78 is 0. The van der Waals surface area contributed by atoms with Crippen LogP contribution in [0.25, 0.3) is 0 Å². The molecule has 1 aromatic heterocycles. The van der Waals surface area contributed by atoms with Crippen molar-refractivity contribution in [2.75, 3.05) is 6.54 Å². The van der Waals surface area contributed by atoms with Gasteiger partial charge in [-0.05, 0) is 41.7 Å². The van der Waals surface area contributed by atoms with Crippen LogP contribution in [0, 0.1) is 6.92 Å². The molecule has 0 unspecified atom stereocenters. The van der Waals surface area contributed by atoms with E-state index in [0.717, 1.165) is 13.1 Å². The fraction of sp³-hybridized carbons (Fsp3) is 0.692. The lowest BCUT2D eigenvalue weighted by Gasteiger charge is -2.33. The number of nitrogens with two attached hydrogens (primary N) is 1. The van der Waals surface area contributed by atoms with E-state index in [4.69, 9.17) is 5.73 Å². The largest absolute Gasteiger partial charge is 0.324 e. The minimum atomic E-state index is 0.0577. The van der Waals surface area contributed by atoms with E-state index in [-0.39, 0.29) is 5.54 Å². The Kier molecular flexibility index (Phi) is 4.00. The SMILES string of the molecule is Cc1cscc1CNCC1(N)CCCCC1. The van der Waals surface area contributed by atoms with Crippen LogP contribution in [0.5, 0.6) is 0 Å². The number of rotatable bonds is 4. The summed E-state index contributed by atoms with van der Waals surface area (Å²) >= 11 is 1.78. The Hall–Kier alpha value is -0.380. The second-order valence-electron chi connectivity index (χ2n) is 5.11. The molecule has 0 bridgehead atoms. The van der Waals surface area contributed by atoms with Gasteiger partial charge in [-0.15, -0.1) is 0 Å². The molecule has 1 heterocycles. The summed E-state index contributed by atoms with van der Waals surface area (Å²) in [6.07, 6.45) is 6.33. The average molecular weight is 238 g/mol. The molecule has 0 spiro atoms. The van der Waals surface area contributed by atoms with Crippen molar-refractivity contribution in [3.8, 4) is 0 Å². The zero-order valence-corrected chi connectivity index (χ0v) is 10.9. The Morgan fingerprint density at radius 3 is 2.69 bits per heavy atom. The first kappa shape index (κ1) is 12.1. The summed E-state index contributed by atoms with van der Waals surface area (Å²) in [6.45, 7) is 4.10. The van der Waals surface area contributed by atoms with Crippen LogP contribution in [0.2, 0.25) is 0 Å². The third-order valence-electron chi connectivity index (χ3n) is 3.60. The van der Waals surface area contributed by atoms with Gasteiger partial charge >= 0.3 is 0 Å². The number of thiophene rings is 1. The molecule has 2 nitrogen and oxygen atoms in total. The second-order valence-corrected chi connectivity index (χ2v) is 5.85. The number of hydrogen-bond donors (Lipinski definition) is 2. The van der Waals surface area contributed by atoms with Gasteiger partial charge in [-0.3, -0.25) is 0 Å². The number of nitrogens with one attached hydrogen (secondary N) is 1. The molecular formula is C13H22N2S. The van der Waals surface area contributed by atoms with Gasteiger partial charge in [0.25, 0.3) is 0 Å². The second kappa shape index (κ2) is 5.30. The van der Waals surface area contributed by atoms with E-state index >= 15 is 0 Å². The van der Waals surface area contributed by atoms with Crippen molar-refractivity contribution in [2.45, 2.75) is 51.1 Å². The molecule has 1 aromatic rings. The van der Waals surface area contributed by atoms with Gasteiger partial charge < -0.3 is 11.1 Å². The van der Waals surface area contributed by atoms with Crippen LogP contribution in [0.3, 0.4) is 0 Å². The lowest BCUT2D eigenvalue weighted by atomic mass is 9.82. The molecule has 0 aliphatic heterocycles. The zero-order chi connectivity index (χ0) is 11.4. The smallest absolute Gasteiger partial charge is 0.0280 e. The van der Waals surface area contributed by atoms with Crippen molar-refractivity contribution >= 4 is 11.3 Å². The maximum Gasteiger partial charge on any atom is 0.0280 e. The summed E-state index contributed by atoms with van der Waals surface area (Å²) in [5.74, 6) is 0. The normalized spacial score (nSPS) is 19.9. The quantitative estimate of drug-likeness (QED) is 0.846. The first-order valence-electron chi connectivity index (χ1n) is 6.21. The summed E-state index contributed by atoms with van der Waals surface area (Å²) in [5, 5.41) is 7.95. The first-order chi connectivity index (χ1) is 7.70. The number of aryl methyl sites for hydroxylation is 1. The van der Waals surface area contributed by atoms with Crippen LogP contribution in [0.4, 0.5) is 0 Å². The Bertz CT molecular complexity index is 326. The predicted molar refractivity (Wildman–Crippen MR) is 70.8 cm³/mol. The van der Waals surface area contributed by atoms with Gasteiger partial charge in [-0.25, -0.2) is 0 Å². The predicted octanol–water partition coefficient (Wildman–Crippen LogP) is 2.81. The molecule has 0 saturated heterocycles. The zero-order valence-electron chi connectivity index (χ0n) is 10.1. The molecule has 1 aliphatic carbocycles. The van der Waals surface area contributed by atoms with E-state index in [0.29, 0.717) is 0 Å². The molecule has 0 atom stereocenters. The molecule has 1 saturated carbocycles. The minimum Gasteiger partial charge on any atom is -0.324 e. The fourth-order valence-electron chi connectivity index (χ4n) is 2.45. The summed E-state index contributed by atoms with van der Waals surface area (Å²) in [6, 6.07) is 0. The molecule has 1 fully saturated rings. The first-order valence-corrected chi connectivity index (χ1v) is 7.15. The lowest BCUT2D eigenvalue weighted by molar-refractivity contribution is 0.283. The number of hydrogen-bond acceptors (Lipinski definition) is 3. The minimum absolute atomic E-state index is 0.0577. The van der Waals surface area contributed by atoms with Gasteiger partial charge in [-0.2, -0.15) is 11.3 Å². The van der Waals surface area contributed by atoms with Gasteiger partial charge in [0.15, 0.2) is 0 Å². The van der Waals surface area contributed by atoms with Crippen LogP contribution in [0.1, 0.15) is 43.2 Å². The van der Waals surface area contributed by atoms with Crippen molar-refractivity contribution in [1.29, 1.82) is 0 Å². The molecule has 1 aliphatic rings. The molecule has 3 heteroatoms. The molecule has 3 N–H and O–H groups in total. The van der Waals surface area contributed by atoms with Gasteiger partial charge in [0.2, 0.25) is 0 Å². The summed E-state index contributed by atoms with van der Waals surface area (Å²) in [4.78, 5) is 0. The topological polar surface area (TPSA) is 38.0 Å². The van der Waals surface area contributed by atoms with Crippen molar-refractivity contribution in [2.24, 2.45) is 5.73 Å². The molecule has 0 radical (unpaired) electrons. The van der Waals surface area contributed by atoms with Gasteiger partial charge in [0.05, 0.1) is 0 Å². The van der Waals surface area contributed by atoms with Crippen LogP contribution in [-0.4, -0.2) is 12.1 Å². The van der Waals surface area contributed by atoms with Crippen LogP contribution < -0.4 is 11.1 Å². The fourth-order valence-corrected chi connectivity index (χ4v) is 3.30. The van der Waals surface area contributed by atoms with Gasteiger partial charge in [0.1, 0.15) is 0 Å². The highest BCUT2D eigenvalue weighted by Gasteiger charge is 2.26. The summed E-state index contributed by atoms with van der Waals surface area (Å²) in [7, 11) is 0. The Morgan fingerprint density at radius 2 is 2.06 bits per heavy atom. The standard InChI is InChI=1S/C13H22N2S/c1-11-8-16-9-12(11)7-15-10-13(14)5-3-2-4-6-13/h8-9,15H,2-7,10,14H2,1H3. The maximum atomic E-state index is 6.38.